The average Bonchev–Trinajstić information content (AvgIpc) is 2.89. The van der Waals surface area contributed by atoms with E-state index in [1.807, 2.05) is 48.5 Å². The van der Waals surface area contributed by atoms with Crippen molar-refractivity contribution in [2.24, 2.45) is 5.92 Å². The Bertz CT molecular complexity index is 1050. The number of esters is 1. The highest BCUT2D eigenvalue weighted by Crippen LogP contribution is 2.09. The Kier molecular flexibility index (Phi) is 12.0. The summed E-state index contributed by atoms with van der Waals surface area (Å²) in [6.45, 7) is 4.98. The van der Waals surface area contributed by atoms with Gasteiger partial charge in [-0.2, -0.15) is 0 Å². The molecule has 0 saturated carbocycles. The zero-order valence-corrected chi connectivity index (χ0v) is 22.5. The molecular weight excluding hydrogens is 492 g/mol. The van der Waals surface area contributed by atoms with Gasteiger partial charge in [0.25, 0.3) is 0 Å². The Hall–Kier alpha value is -4.15. The summed E-state index contributed by atoms with van der Waals surface area (Å²) in [5.41, 5.74) is 1.65. The molecule has 2 rings (SSSR count). The van der Waals surface area contributed by atoms with Crippen LogP contribution in [0, 0.1) is 5.92 Å². The van der Waals surface area contributed by atoms with Crippen LogP contribution in [0.3, 0.4) is 0 Å². The largest absolute Gasteiger partial charge is 0.445 e. The van der Waals surface area contributed by atoms with E-state index in [2.05, 4.69) is 10.3 Å². The molecule has 2 aromatic rings. The van der Waals surface area contributed by atoms with Gasteiger partial charge in [0, 0.05) is 45.9 Å². The number of rotatable bonds is 12. The number of hydrogen-bond donors (Lipinski definition) is 1. The maximum absolute atomic E-state index is 12.7. The Morgan fingerprint density at radius 3 is 2.21 bits per heavy atom. The van der Waals surface area contributed by atoms with Crippen LogP contribution in [-0.4, -0.2) is 78.4 Å². The summed E-state index contributed by atoms with van der Waals surface area (Å²) in [7, 11) is 2.99. The molecule has 3 amide bonds. The Balaban J connectivity index is 1.79. The summed E-state index contributed by atoms with van der Waals surface area (Å²) in [4.78, 5) is 56.5. The molecule has 1 aromatic carbocycles. The molecule has 2 atom stereocenters. The SMILES string of the molecule is CC(OC(=O)[C@@H](NC(=O)CN(C)C(=O)OCc1ccccc1)C(C)C)OC(=O)N(C)CCc1ccccn1. The van der Waals surface area contributed by atoms with Gasteiger partial charge in [-0.05, 0) is 23.6 Å². The quantitative estimate of drug-likeness (QED) is 0.329. The second-order valence-corrected chi connectivity index (χ2v) is 9.07. The maximum Gasteiger partial charge on any atom is 0.412 e. The molecule has 1 heterocycles. The molecule has 0 bridgehead atoms. The molecule has 0 radical (unpaired) electrons. The minimum Gasteiger partial charge on any atom is -0.445 e. The standard InChI is InChI=1S/C27H36N4O7/c1-19(2)24(29-23(32)17-31(5)26(34)36-18-21-11-7-6-8-12-21)25(33)37-20(3)38-27(35)30(4)16-14-22-13-9-10-15-28-22/h6-13,15,19-20,24H,14,16-18H2,1-5H3,(H,29,32)/t20?,24-/m0/s1. The lowest BCUT2D eigenvalue weighted by Gasteiger charge is -2.25. The number of aromatic nitrogens is 1. The molecule has 0 aliphatic rings. The van der Waals surface area contributed by atoms with E-state index < -0.39 is 36.4 Å². The fourth-order valence-electron chi connectivity index (χ4n) is 3.24. The van der Waals surface area contributed by atoms with E-state index in [1.165, 1.54) is 18.9 Å². The number of nitrogens with one attached hydrogen (secondary N) is 1. The van der Waals surface area contributed by atoms with Crippen LogP contribution in [0.4, 0.5) is 9.59 Å². The van der Waals surface area contributed by atoms with E-state index >= 15 is 0 Å². The van der Waals surface area contributed by atoms with Gasteiger partial charge in [0.15, 0.2) is 0 Å². The Morgan fingerprint density at radius 1 is 0.895 bits per heavy atom. The van der Waals surface area contributed by atoms with Crippen LogP contribution in [-0.2, 0) is 36.8 Å². The number of ether oxygens (including phenoxy) is 3. The number of carbonyl (C=O) groups is 4. The number of nitrogens with zero attached hydrogens (tertiary/aromatic N) is 3. The predicted octanol–water partition coefficient (Wildman–Crippen LogP) is 2.99. The van der Waals surface area contributed by atoms with Gasteiger partial charge < -0.3 is 29.3 Å². The first-order chi connectivity index (χ1) is 18.1. The van der Waals surface area contributed by atoms with Crippen molar-refractivity contribution in [1.29, 1.82) is 0 Å². The fourth-order valence-corrected chi connectivity index (χ4v) is 3.24. The van der Waals surface area contributed by atoms with Gasteiger partial charge in [-0.3, -0.25) is 9.78 Å². The van der Waals surface area contributed by atoms with Gasteiger partial charge in [0.2, 0.25) is 12.2 Å². The molecular formula is C27H36N4O7. The molecule has 1 aromatic heterocycles. The number of pyridine rings is 1. The molecule has 0 saturated heterocycles. The van der Waals surface area contributed by atoms with Crippen molar-refractivity contribution in [2.45, 2.75) is 46.1 Å². The molecule has 38 heavy (non-hydrogen) atoms. The highest BCUT2D eigenvalue weighted by Gasteiger charge is 2.29. The molecule has 0 fully saturated rings. The zero-order chi connectivity index (χ0) is 28.1. The number of likely N-dealkylation sites (N-methyl/N-ethyl adjacent to an activating group) is 2. The van der Waals surface area contributed by atoms with Crippen molar-refractivity contribution >= 4 is 24.1 Å². The second-order valence-electron chi connectivity index (χ2n) is 9.07. The van der Waals surface area contributed by atoms with Gasteiger partial charge in [-0.25, -0.2) is 14.4 Å². The van der Waals surface area contributed by atoms with Crippen LogP contribution in [0.15, 0.2) is 54.7 Å². The first-order valence-electron chi connectivity index (χ1n) is 12.3. The van der Waals surface area contributed by atoms with E-state index in [9.17, 15) is 19.2 Å². The van der Waals surface area contributed by atoms with Crippen LogP contribution in [0.5, 0.6) is 0 Å². The topological polar surface area (TPSA) is 127 Å². The van der Waals surface area contributed by atoms with E-state index in [4.69, 9.17) is 14.2 Å². The lowest BCUT2D eigenvalue weighted by molar-refractivity contribution is -0.170. The fraction of sp³-hybridized carbons (Fsp3) is 0.444. The van der Waals surface area contributed by atoms with Crippen molar-refractivity contribution in [3.05, 3.63) is 66.0 Å². The van der Waals surface area contributed by atoms with Crippen molar-refractivity contribution in [3.8, 4) is 0 Å². The number of benzene rings is 1. The summed E-state index contributed by atoms with van der Waals surface area (Å²) < 4.78 is 15.7. The second kappa shape index (κ2) is 15.2. The van der Waals surface area contributed by atoms with Gasteiger partial charge >= 0.3 is 18.2 Å². The summed E-state index contributed by atoms with van der Waals surface area (Å²) in [6, 6.07) is 13.7. The Morgan fingerprint density at radius 2 is 1.58 bits per heavy atom. The third-order valence-corrected chi connectivity index (χ3v) is 5.42. The highest BCUT2D eigenvalue weighted by atomic mass is 16.7. The van der Waals surface area contributed by atoms with Gasteiger partial charge in [-0.15, -0.1) is 0 Å². The lowest BCUT2D eigenvalue weighted by atomic mass is 10.0. The Labute approximate surface area is 223 Å². The van der Waals surface area contributed by atoms with E-state index in [0.29, 0.717) is 13.0 Å². The highest BCUT2D eigenvalue weighted by molar-refractivity contribution is 5.87. The van der Waals surface area contributed by atoms with Crippen LogP contribution in [0.2, 0.25) is 0 Å². The average molecular weight is 529 g/mol. The predicted molar refractivity (Wildman–Crippen MR) is 139 cm³/mol. The lowest BCUT2D eigenvalue weighted by Crippen LogP contribution is -2.49. The molecule has 11 nitrogen and oxygen atoms in total. The third-order valence-electron chi connectivity index (χ3n) is 5.42. The van der Waals surface area contributed by atoms with Crippen LogP contribution in [0.25, 0.3) is 0 Å². The van der Waals surface area contributed by atoms with Crippen LogP contribution < -0.4 is 5.32 Å². The van der Waals surface area contributed by atoms with Crippen molar-refractivity contribution in [2.75, 3.05) is 27.2 Å². The number of hydrogen-bond acceptors (Lipinski definition) is 8. The van der Waals surface area contributed by atoms with E-state index in [-0.39, 0.29) is 19.1 Å². The van der Waals surface area contributed by atoms with Gasteiger partial charge in [0.1, 0.15) is 19.2 Å². The van der Waals surface area contributed by atoms with E-state index in [1.54, 1.807) is 27.1 Å². The molecule has 206 valence electrons. The number of amides is 3. The normalized spacial score (nSPS) is 12.2. The smallest absolute Gasteiger partial charge is 0.412 e. The molecule has 1 N–H and O–H groups in total. The van der Waals surface area contributed by atoms with Crippen molar-refractivity contribution in [3.63, 3.8) is 0 Å². The van der Waals surface area contributed by atoms with Crippen LogP contribution >= 0.6 is 0 Å². The molecule has 1 unspecified atom stereocenters. The molecule has 0 aliphatic carbocycles. The van der Waals surface area contributed by atoms with E-state index in [0.717, 1.165) is 16.2 Å². The first-order valence-corrected chi connectivity index (χ1v) is 12.3. The molecule has 11 heteroatoms. The van der Waals surface area contributed by atoms with Gasteiger partial charge in [0.05, 0.1) is 0 Å². The summed E-state index contributed by atoms with van der Waals surface area (Å²) in [6.07, 6.45) is -0.311. The molecule has 0 aliphatic heterocycles. The summed E-state index contributed by atoms with van der Waals surface area (Å²) in [5.74, 6) is -1.66. The molecule has 0 spiro atoms. The number of carbonyl (C=O) groups excluding carboxylic acids is 4. The zero-order valence-electron chi connectivity index (χ0n) is 22.5. The minimum atomic E-state index is -1.18. The maximum atomic E-state index is 12.7. The monoisotopic (exact) mass is 528 g/mol. The van der Waals surface area contributed by atoms with Crippen molar-refractivity contribution < 1.29 is 33.4 Å². The van der Waals surface area contributed by atoms with Gasteiger partial charge in [-0.1, -0.05) is 50.2 Å². The summed E-state index contributed by atoms with van der Waals surface area (Å²) in [5, 5.41) is 2.57. The first kappa shape index (κ1) is 30.1. The minimum absolute atomic E-state index is 0.0710. The van der Waals surface area contributed by atoms with Crippen LogP contribution in [0.1, 0.15) is 32.0 Å². The van der Waals surface area contributed by atoms with Crippen molar-refractivity contribution in [1.82, 2.24) is 20.1 Å². The third kappa shape index (κ3) is 10.5. The summed E-state index contributed by atoms with van der Waals surface area (Å²) >= 11 is 0.